The van der Waals surface area contributed by atoms with E-state index >= 15 is 0 Å². The van der Waals surface area contributed by atoms with Crippen LogP contribution in [0.4, 0.5) is 0 Å². The van der Waals surface area contributed by atoms with Crippen LogP contribution in [0.3, 0.4) is 0 Å². The fraction of sp³-hybridized carbons (Fsp3) is 0.200. The van der Waals surface area contributed by atoms with Crippen molar-refractivity contribution < 1.29 is 0 Å². The van der Waals surface area contributed by atoms with Gasteiger partial charge in [-0.05, 0) is 31.0 Å². The van der Waals surface area contributed by atoms with Gasteiger partial charge in [0.05, 0.1) is 10.2 Å². The van der Waals surface area contributed by atoms with Gasteiger partial charge in [-0.1, -0.05) is 17.4 Å². The number of fused-ring (bicyclic) bond motifs is 3. The highest BCUT2D eigenvalue weighted by Gasteiger charge is 2.08. The molecule has 0 bridgehead atoms. The van der Waals surface area contributed by atoms with Crippen LogP contribution in [-0.2, 0) is 0 Å². The molecule has 2 heterocycles. The van der Waals surface area contributed by atoms with Gasteiger partial charge in [-0.2, -0.15) is 0 Å². The van der Waals surface area contributed by atoms with Gasteiger partial charge in [0, 0.05) is 0 Å². The van der Waals surface area contributed by atoms with Gasteiger partial charge in [0.1, 0.15) is 6.33 Å². The average molecular weight is 203 g/mol. The number of nitrogens with zero attached hydrogens (tertiary/aromatic N) is 3. The Bertz CT molecular complexity index is 621. The van der Waals surface area contributed by atoms with Gasteiger partial charge in [0.15, 0.2) is 0 Å². The highest BCUT2D eigenvalue weighted by atomic mass is 32.1. The van der Waals surface area contributed by atoms with E-state index in [2.05, 4.69) is 36.2 Å². The zero-order chi connectivity index (χ0) is 9.71. The van der Waals surface area contributed by atoms with E-state index in [-0.39, 0.29) is 0 Å². The minimum Gasteiger partial charge on any atom is -0.272 e. The van der Waals surface area contributed by atoms with Crippen LogP contribution in [0.5, 0.6) is 0 Å². The second kappa shape index (κ2) is 2.54. The molecule has 0 N–H and O–H groups in total. The minimum atomic E-state index is 0.966. The summed E-state index contributed by atoms with van der Waals surface area (Å²) in [6.07, 6.45) is 1.77. The fourth-order valence-electron chi connectivity index (χ4n) is 1.79. The highest BCUT2D eigenvalue weighted by Crippen LogP contribution is 2.28. The van der Waals surface area contributed by atoms with Crippen molar-refractivity contribution in [1.29, 1.82) is 0 Å². The van der Waals surface area contributed by atoms with Gasteiger partial charge in [-0.3, -0.25) is 4.40 Å². The second-order valence-corrected chi connectivity index (χ2v) is 4.49. The first kappa shape index (κ1) is 7.94. The molecule has 0 amide bonds. The SMILES string of the molecule is Cc1cc(C)c2sc3nncn3c2c1. The average Bonchev–Trinajstić information content (AvgIpc) is 2.65. The van der Waals surface area contributed by atoms with Crippen LogP contribution in [0.15, 0.2) is 18.5 Å². The number of aryl methyl sites for hydroxylation is 2. The van der Waals surface area contributed by atoms with Gasteiger partial charge < -0.3 is 0 Å². The van der Waals surface area contributed by atoms with Crippen LogP contribution < -0.4 is 0 Å². The number of hydrogen-bond acceptors (Lipinski definition) is 3. The zero-order valence-corrected chi connectivity index (χ0v) is 8.80. The van der Waals surface area contributed by atoms with Crippen LogP contribution in [0.1, 0.15) is 11.1 Å². The topological polar surface area (TPSA) is 30.2 Å². The van der Waals surface area contributed by atoms with Crippen molar-refractivity contribution in [3.05, 3.63) is 29.6 Å². The summed E-state index contributed by atoms with van der Waals surface area (Å²) >= 11 is 1.69. The summed E-state index contributed by atoms with van der Waals surface area (Å²) in [7, 11) is 0. The van der Waals surface area contributed by atoms with Crippen molar-refractivity contribution in [3.8, 4) is 0 Å². The first-order valence-electron chi connectivity index (χ1n) is 4.45. The second-order valence-electron chi connectivity index (χ2n) is 3.52. The minimum absolute atomic E-state index is 0.966. The molecule has 0 saturated heterocycles. The van der Waals surface area contributed by atoms with E-state index in [1.807, 2.05) is 4.40 Å². The Hall–Kier alpha value is -1.42. The maximum atomic E-state index is 4.06. The Labute approximate surface area is 85.0 Å². The van der Waals surface area contributed by atoms with E-state index < -0.39 is 0 Å². The summed E-state index contributed by atoms with van der Waals surface area (Å²) in [4.78, 5) is 0.966. The molecule has 3 nitrogen and oxygen atoms in total. The molecule has 4 heteroatoms. The molecule has 1 aromatic carbocycles. The van der Waals surface area contributed by atoms with Gasteiger partial charge in [0.25, 0.3) is 0 Å². The Morgan fingerprint density at radius 2 is 2.14 bits per heavy atom. The number of hydrogen-bond donors (Lipinski definition) is 0. The number of benzene rings is 1. The maximum absolute atomic E-state index is 4.06. The van der Waals surface area contributed by atoms with Crippen molar-refractivity contribution in [3.63, 3.8) is 0 Å². The van der Waals surface area contributed by atoms with Crippen molar-refractivity contribution in [2.24, 2.45) is 0 Å². The lowest BCUT2D eigenvalue weighted by atomic mass is 10.1. The lowest BCUT2D eigenvalue weighted by molar-refractivity contribution is 1.11. The van der Waals surface area contributed by atoms with Crippen LogP contribution >= 0.6 is 11.3 Å². The molecule has 0 radical (unpaired) electrons. The van der Waals surface area contributed by atoms with Gasteiger partial charge >= 0.3 is 0 Å². The van der Waals surface area contributed by atoms with Gasteiger partial charge in [0.2, 0.25) is 4.96 Å². The summed E-state index contributed by atoms with van der Waals surface area (Å²) < 4.78 is 3.35. The molecule has 3 rings (SSSR count). The van der Waals surface area contributed by atoms with E-state index in [1.165, 1.54) is 21.3 Å². The lowest BCUT2D eigenvalue weighted by Crippen LogP contribution is -1.81. The molecule has 0 atom stereocenters. The molecule has 2 aromatic heterocycles. The Morgan fingerprint density at radius 3 is 3.00 bits per heavy atom. The third-order valence-electron chi connectivity index (χ3n) is 2.37. The van der Waals surface area contributed by atoms with Crippen LogP contribution in [0.2, 0.25) is 0 Å². The van der Waals surface area contributed by atoms with Crippen LogP contribution in [0, 0.1) is 13.8 Å². The molecule has 0 aliphatic rings. The number of rotatable bonds is 0. The van der Waals surface area contributed by atoms with E-state index in [0.717, 1.165) is 4.96 Å². The Balaban J connectivity index is 2.62. The molecular formula is C10H9N3S. The highest BCUT2D eigenvalue weighted by molar-refractivity contribution is 7.23. The standard InChI is InChI=1S/C10H9N3S/c1-6-3-7(2)9-8(4-6)13-5-11-12-10(13)14-9/h3-5H,1-2H3. The Morgan fingerprint density at radius 1 is 1.29 bits per heavy atom. The molecule has 0 spiro atoms. The predicted octanol–water partition coefficient (Wildman–Crippen LogP) is 2.56. The molecule has 70 valence electrons. The van der Waals surface area contributed by atoms with Gasteiger partial charge in [-0.25, -0.2) is 0 Å². The first-order valence-corrected chi connectivity index (χ1v) is 5.27. The molecule has 0 aliphatic carbocycles. The normalized spacial score (nSPS) is 11.6. The monoisotopic (exact) mass is 203 g/mol. The maximum Gasteiger partial charge on any atom is 0.217 e. The van der Waals surface area contributed by atoms with E-state index in [1.54, 1.807) is 17.7 Å². The van der Waals surface area contributed by atoms with Crippen molar-refractivity contribution in [1.82, 2.24) is 14.6 Å². The quantitative estimate of drug-likeness (QED) is 0.562. The molecule has 0 aliphatic heterocycles. The summed E-state index contributed by atoms with van der Waals surface area (Å²) in [6, 6.07) is 4.38. The molecular weight excluding hydrogens is 194 g/mol. The molecule has 3 aromatic rings. The van der Waals surface area contributed by atoms with Gasteiger partial charge in [-0.15, -0.1) is 10.2 Å². The van der Waals surface area contributed by atoms with E-state index in [0.29, 0.717) is 0 Å². The molecule has 0 saturated carbocycles. The number of aromatic nitrogens is 3. The first-order chi connectivity index (χ1) is 6.75. The van der Waals surface area contributed by atoms with Crippen molar-refractivity contribution >= 4 is 26.5 Å². The molecule has 14 heavy (non-hydrogen) atoms. The van der Waals surface area contributed by atoms with Crippen LogP contribution in [-0.4, -0.2) is 14.6 Å². The van der Waals surface area contributed by atoms with E-state index in [4.69, 9.17) is 0 Å². The third-order valence-corrected chi connectivity index (χ3v) is 3.56. The molecule has 0 fully saturated rings. The van der Waals surface area contributed by atoms with E-state index in [9.17, 15) is 0 Å². The summed E-state index contributed by atoms with van der Waals surface area (Å²) in [6.45, 7) is 4.25. The van der Waals surface area contributed by atoms with Crippen LogP contribution in [0.25, 0.3) is 15.2 Å². The molecule has 0 unspecified atom stereocenters. The van der Waals surface area contributed by atoms with Crippen molar-refractivity contribution in [2.45, 2.75) is 13.8 Å². The number of thiazole rings is 1. The summed E-state index contributed by atoms with van der Waals surface area (Å²) in [5.74, 6) is 0. The fourth-order valence-corrected chi connectivity index (χ4v) is 2.79. The Kier molecular flexibility index (Phi) is 1.44. The smallest absolute Gasteiger partial charge is 0.217 e. The lowest BCUT2D eigenvalue weighted by Gasteiger charge is -1.97. The third kappa shape index (κ3) is 0.915. The summed E-state index contributed by atoms with van der Waals surface area (Å²) in [5.41, 5.74) is 3.81. The summed E-state index contributed by atoms with van der Waals surface area (Å²) in [5, 5.41) is 7.95. The largest absolute Gasteiger partial charge is 0.272 e. The van der Waals surface area contributed by atoms with Crippen molar-refractivity contribution in [2.75, 3.05) is 0 Å². The predicted molar refractivity (Wildman–Crippen MR) is 57.8 cm³/mol. The zero-order valence-electron chi connectivity index (χ0n) is 7.98.